The molecule has 2 heterocycles. The first-order chi connectivity index (χ1) is 15.9. The molecule has 1 aliphatic rings. The standard InChI is InChI=1S/C22H23ClN4O5S/c1-26(11-10-20-24-21(32-25-20)18-4-2-3-5-19(18)23)22(28)16-6-8-17(9-7-16)33(29,30)27-12-14-31-15-13-27/h2-9H,10-15H2,1H3. The molecule has 0 saturated carbocycles. The number of benzene rings is 2. The summed E-state index contributed by atoms with van der Waals surface area (Å²) < 4.78 is 37.4. The van der Waals surface area contributed by atoms with E-state index in [1.807, 2.05) is 12.1 Å². The summed E-state index contributed by atoms with van der Waals surface area (Å²) in [4.78, 5) is 18.8. The van der Waals surface area contributed by atoms with Gasteiger partial charge in [0.25, 0.3) is 11.8 Å². The highest BCUT2D eigenvalue weighted by Crippen LogP contribution is 2.26. The summed E-state index contributed by atoms with van der Waals surface area (Å²) in [6.07, 6.45) is 0.389. The van der Waals surface area contributed by atoms with Gasteiger partial charge >= 0.3 is 0 Å². The monoisotopic (exact) mass is 490 g/mol. The number of likely N-dealkylation sites (N-methyl/N-ethyl adjacent to an activating group) is 1. The fourth-order valence-electron chi connectivity index (χ4n) is 3.39. The third-order valence-corrected chi connectivity index (χ3v) is 7.54. The number of morpholine rings is 1. The number of nitrogens with zero attached hydrogens (tertiary/aromatic N) is 4. The van der Waals surface area contributed by atoms with Crippen molar-refractivity contribution in [3.05, 3.63) is 64.9 Å². The highest BCUT2D eigenvalue weighted by Gasteiger charge is 2.26. The summed E-state index contributed by atoms with van der Waals surface area (Å²) in [6.45, 7) is 1.75. The van der Waals surface area contributed by atoms with E-state index in [0.717, 1.165) is 0 Å². The quantitative estimate of drug-likeness (QED) is 0.501. The van der Waals surface area contributed by atoms with Crippen LogP contribution < -0.4 is 0 Å². The third kappa shape index (κ3) is 5.25. The second kappa shape index (κ2) is 10.0. The molecule has 11 heteroatoms. The molecule has 0 N–H and O–H groups in total. The molecule has 0 aliphatic carbocycles. The molecule has 0 spiro atoms. The molecule has 33 heavy (non-hydrogen) atoms. The minimum Gasteiger partial charge on any atom is -0.379 e. The molecule has 9 nitrogen and oxygen atoms in total. The van der Waals surface area contributed by atoms with Crippen LogP contribution in [-0.2, 0) is 21.2 Å². The van der Waals surface area contributed by atoms with Gasteiger partial charge in [-0.1, -0.05) is 28.9 Å². The van der Waals surface area contributed by atoms with Gasteiger partial charge in [-0.2, -0.15) is 9.29 Å². The number of carbonyl (C=O) groups is 1. The summed E-state index contributed by atoms with van der Waals surface area (Å²) in [6, 6.07) is 13.1. The van der Waals surface area contributed by atoms with E-state index < -0.39 is 10.0 Å². The van der Waals surface area contributed by atoms with E-state index in [9.17, 15) is 13.2 Å². The highest BCUT2D eigenvalue weighted by atomic mass is 35.5. The van der Waals surface area contributed by atoms with Crippen molar-refractivity contribution in [2.45, 2.75) is 11.3 Å². The SMILES string of the molecule is CN(CCc1noc(-c2ccccc2Cl)n1)C(=O)c1ccc(S(=O)(=O)N2CCOCC2)cc1. The normalized spacial score (nSPS) is 14.8. The first-order valence-electron chi connectivity index (χ1n) is 10.4. The van der Waals surface area contributed by atoms with Crippen LogP contribution in [0.1, 0.15) is 16.2 Å². The van der Waals surface area contributed by atoms with Crippen molar-refractivity contribution >= 4 is 27.5 Å². The van der Waals surface area contributed by atoms with Gasteiger partial charge < -0.3 is 14.2 Å². The van der Waals surface area contributed by atoms with Crippen LogP contribution in [0.5, 0.6) is 0 Å². The molecule has 0 radical (unpaired) electrons. The van der Waals surface area contributed by atoms with E-state index >= 15 is 0 Å². The van der Waals surface area contributed by atoms with E-state index in [-0.39, 0.29) is 10.8 Å². The molecule has 1 aromatic heterocycles. The van der Waals surface area contributed by atoms with E-state index in [0.29, 0.717) is 67.1 Å². The van der Waals surface area contributed by atoms with Crippen LogP contribution in [0.25, 0.3) is 11.5 Å². The van der Waals surface area contributed by atoms with Crippen molar-refractivity contribution in [1.82, 2.24) is 19.3 Å². The van der Waals surface area contributed by atoms with Gasteiger partial charge in [0.05, 0.1) is 28.7 Å². The van der Waals surface area contributed by atoms with Crippen molar-refractivity contribution in [3.63, 3.8) is 0 Å². The number of halogens is 1. The Bertz CT molecular complexity index is 1220. The lowest BCUT2D eigenvalue weighted by molar-refractivity contribution is 0.0730. The largest absolute Gasteiger partial charge is 0.379 e. The van der Waals surface area contributed by atoms with Crippen molar-refractivity contribution in [3.8, 4) is 11.5 Å². The average Bonchev–Trinajstić information content (AvgIpc) is 3.32. The van der Waals surface area contributed by atoms with Gasteiger partial charge in [-0.25, -0.2) is 8.42 Å². The average molecular weight is 491 g/mol. The van der Waals surface area contributed by atoms with Gasteiger partial charge in [0.1, 0.15) is 0 Å². The van der Waals surface area contributed by atoms with Crippen LogP contribution in [0.3, 0.4) is 0 Å². The topological polar surface area (TPSA) is 106 Å². The van der Waals surface area contributed by atoms with Gasteiger partial charge in [0, 0.05) is 38.7 Å². The Kier molecular flexibility index (Phi) is 7.08. The molecule has 174 valence electrons. The van der Waals surface area contributed by atoms with Gasteiger partial charge in [-0.05, 0) is 36.4 Å². The molecular formula is C22H23ClN4O5S. The maximum atomic E-state index is 12.8. The van der Waals surface area contributed by atoms with Gasteiger partial charge in [-0.3, -0.25) is 4.79 Å². The minimum atomic E-state index is -3.60. The number of ether oxygens (including phenoxy) is 1. The number of carbonyl (C=O) groups excluding carboxylic acids is 1. The fourth-order valence-corrected chi connectivity index (χ4v) is 5.02. The Morgan fingerprint density at radius 2 is 1.82 bits per heavy atom. The number of aromatic nitrogens is 2. The molecule has 0 atom stereocenters. The zero-order chi connectivity index (χ0) is 23.4. The molecule has 1 aliphatic heterocycles. The summed E-state index contributed by atoms with van der Waals surface area (Å²) in [5, 5.41) is 4.47. The molecule has 0 bridgehead atoms. The van der Waals surface area contributed by atoms with Crippen molar-refractivity contribution in [1.29, 1.82) is 0 Å². The predicted molar refractivity (Wildman–Crippen MR) is 121 cm³/mol. The number of rotatable bonds is 7. The number of hydrogen-bond donors (Lipinski definition) is 0. The van der Waals surface area contributed by atoms with Crippen LogP contribution >= 0.6 is 11.6 Å². The van der Waals surface area contributed by atoms with E-state index in [1.165, 1.54) is 33.5 Å². The van der Waals surface area contributed by atoms with E-state index in [4.69, 9.17) is 20.9 Å². The predicted octanol–water partition coefficient (Wildman–Crippen LogP) is 2.73. The van der Waals surface area contributed by atoms with Crippen LogP contribution in [0, 0.1) is 0 Å². The summed E-state index contributed by atoms with van der Waals surface area (Å²) in [5.74, 6) is 0.540. The maximum Gasteiger partial charge on any atom is 0.259 e. The zero-order valence-electron chi connectivity index (χ0n) is 18.0. The van der Waals surface area contributed by atoms with E-state index in [2.05, 4.69) is 10.1 Å². The molecule has 3 aromatic rings. The van der Waals surface area contributed by atoms with Crippen LogP contribution in [0.2, 0.25) is 5.02 Å². The number of amides is 1. The molecule has 4 rings (SSSR count). The highest BCUT2D eigenvalue weighted by molar-refractivity contribution is 7.89. The fraction of sp³-hybridized carbons (Fsp3) is 0.318. The Labute approximate surface area is 197 Å². The first-order valence-corrected chi connectivity index (χ1v) is 12.2. The van der Waals surface area contributed by atoms with Gasteiger partial charge in [0.2, 0.25) is 10.0 Å². The van der Waals surface area contributed by atoms with Crippen molar-refractivity contribution < 1.29 is 22.5 Å². The first kappa shape index (κ1) is 23.4. The summed E-state index contributed by atoms with van der Waals surface area (Å²) >= 11 is 6.16. The Balaban J connectivity index is 1.37. The van der Waals surface area contributed by atoms with Crippen LogP contribution in [-0.4, -0.2) is 73.6 Å². The summed E-state index contributed by atoms with van der Waals surface area (Å²) in [7, 11) is -1.94. The van der Waals surface area contributed by atoms with Crippen LogP contribution in [0.15, 0.2) is 57.9 Å². The number of sulfonamides is 1. The van der Waals surface area contributed by atoms with Gasteiger partial charge in [0.15, 0.2) is 5.82 Å². The lowest BCUT2D eigenvalue weighted by Gasteiger charge is -2.26. The second-order valence-corrected chi connectivity index (χ2v) is 9.86. The third-order valence-electron chi connectivity index (χ3n) is 5.30. The maximum absolute atomic E-state index is 12.8. The molecule has 0 unspecified atom stereocenters. The smallest absolute Gasteiger partial charge is 0.259 e. The van der Waals surface area contributed by atoms with Gasteiger partial charge in [-0.15, -0.1) is 0 Å². The summed E-state index contributed by atoms with van der Waals surface area (Å²) in [5.41, 5.74) is 1.04. The lowest BCUT2D eigenvalue weighted by Crippen LogP contribution is -2.40. The lowest BCUT2D eigenvalue weighted by atomic mass is 10.2. The van der Waals surface area contributed by atoms with Crippen molar-refractivity contribution in [2.75, 3.05) is 39.9 Å². The molecule has 1 amide bonds. The molecular weight excluding hydrogens is 468 g/mol. The van der Waals surface area contributed by atoms with Crippen LogP contribution in [0.4, 0.5) is 0 Å². The Morgan fingerprint density at radius 1 is 1.12 bits per heavy atom. The van der Waals surface area contributed by atoms with Crippen molar-refractivity contribution in [2.24, 2.45) is 0 Å². The number of hydrogen-bond acceptors (Lipinski definition) is 7. The molecule has 1 fully saturated rings. The second-order valence-electron chi connectivity index (χ2n) is 7.51. The zero-order valence-corrected chi connectivity index (χ0v) is 19.6. The van der Waals surface area contributed by atoms with E-state index in [1.54, 1.807) is 19.2 Å². The molecule has 2 aromatic carbocycles. The minimum absolute atomic E-state index is 0.155. The Hall–Kier alpha value is -2.79. The Morgan fingerprint density at radius 3 is 2.52 bits per heavy atom. The molecule has 1 saturated heterocycles.